The SMILES string of the molecule is CCN(CC)CC.O=C(Nc1ccccc1)c1c(O)[nH]c(=O)[nH]c1=O. The van der Waals surface area contributed by atoms with E-state index in [1.165, 1.54) is 19.6 Å². The molecule has 25 heavy (non-hydrogen) atoms. The highest BCUT2D eigenvalue weighted by Crippen LogP contribution is 2.10. The Kier molecular flexibility index (Phi) is 8.14. The maximum Gasteiger partial charge on any atom is 0.328 e. The van der Waals surface area contributed by atoms with Crippen molar-refractivity contribution in [1.29, 1.82) is 0 Å². The van der Waals surface area contributed by atoms with Crippen LogP contribution in [0, 0.1) is 0 Å². The number of aromatic amines is 2. The Morgan fingerprint density at radius 3 is 2.04 bits per heavy atom. The van der Waals surface area contributed by atoms with Gasteiger partial charge >= 0.3 is 5.69 Å². The molecule has 0 unspecified atom stereocenters. The molecule has 8 nitrogen and oxygen atoms in total. The van der Waals surface area contributed by atoms with E-state index < -0.39 is 28.6 Å². The van der Waals surface area contributed by atoms with Gasteiger partial charge in [-0.2, -0.15) is 0 Å². The summed E-state index contributed by atoms with van der Waals surface area (Å²) in [4.78, 5) is 40.2. The van der Waals surface area contributed by atoms with E-state index in [2.05, 4.69) is 31.0 Å². The molecule has 1 aromatic carbocycles. The highest BCUT2D eigenvalue weighted by Gasteiger charge is 2.17. The maximum atomic E-state index is 11.8. The Hall–Kier alpha value is -2.87. The van der Waals surface area contributed by atoms with E-state index >= 15 is 0 Å². The molecule has 2 rings (SSSR count). The van der Waals surface area contributed by atoms with Gasteiger partial charge in [0.25, 0.3) is 11.5 Å². The van der Waals surface area contributed by atoms with Crippen LogP contribution < -0.4 is 16.6 Å². The molecule has 0 spiro atoms. The molecule has 0 saturated heterocycles. The van der Waals surface area contributed by atoms with E-state index in [4.69, 9.17) is 0 Å². The number of rotatable bonds is 5. The summed E-state index contributed by atoms with van der Waals surface area (Å²) in [5.41, 5.74) is -1.91. The van der Waals surface area contributed by atoms with Crippen molar-refractivity contribution in [3.63, 3.8) is 0 Å². The Morgan fingerprint density at radius 1 is 1.04 bits per heavy atom. The van der Waals surface area contributed by atoms with E-state index in [9.17, 15) is 19.5 Å². The summed E-state index contributed by atoms with van der Waals surface area (Å²) < 4.78 is 0. The van der Waals surface area contributed by atoms with Crippen molar-refractivity contribution >= 4 is 11.6 Å². The molecule has 0 fully saturated rings. The molecular formula is C17H24N4O4. The van der Waals surface area contributed by atoms with Gasteiger partial charge < -0.3 is 15.3 Å². The molecule has 0 aliphatic heterocycles. The average molecular weight is 348 g/mol. The van der Waals surface area contributed by atoms with Gasteiger partial charge in [0.15, 0.2) is 5.56 Å². The maximum absolute atomic E-state index is 11.8. The van der Waals surface area contributed by atoms with Crippen molar-refractivity contribution in [2.24, 2.45) is 0 Å². The van der Waals surface area contributed by atoms with Crippen LogP contribution in [0.5, 0.6) is 5.88 Å². The number of hydrogen-bond donors (Lipinski definition) is 4. The normalized spacial score (nSPS) is 10.1. The lowest BCUT2D eigenvalue weighted by Gasteiger charge is -2.13. The molecule has 136 valence electrons. The van der Waals surface area contributed by atoms with E-state index in [-0.39, 0.29) is 0 Å². The first kappa shape index (κ1) is 20.2. The van der Waals surface area contributed by atoms with Gasteiger partial charge in [0.2, 0.25) is 5.88 Å². The second-order valence-corrected chi connectivity index (χ2v) is 5.07. The number of aromatic hydroxyl groups is 1. The molecule has 0 aliphatic rings. The minimum Gasteiger partial charge on any atom is -0.494 e. The zero-order chi connectivity index (χ0) is 18.8. The summed E-state index contributed by atoms with van der Waals surface area (Å²) in [6.07, 6.45) is 0. The van der Waals surface area contributed by atoms with Crippen LogP contribution in [0.15, 0.2) is 39.9 Å². The summed E-state index contributed by atoms with van der Waals surface area (Å²) in [5, 5.41) is 11.8. The average Bonchev–Trinajstić information content (AvgIpc) is 2.57. The molecule has 4 N–H and O–H groups in total. The second kappa shape index (κ2) is 10.1. The lowest BCUT2D eigenvalue weighted by atomic mass is 10.2. The van der Waals surface area contributed by atoms with Crippen LogP contribution in [0.3, 0.4) is 0 Å². The smallest absolute Gasteiger partial charge is 0.328 e. The lowest BCUT2D eigenvalue weighted by molar-refractivity contribution is 0.102. The number of carbonyl (C=O) groups is 1. The van der Waals surface area contributed by atoms with Gasteiger partial charge in [0.1, 0.15) is 0 Å². The fraction of sp³-hybridized carbons (Fsp3) is 0.353. The molecule has 0 aliphatic carbocycles. The van der Waals surface area contributed by atoms with Crippen LogP contribution in [-0.4, -0.2) is 45.5 Å². The zero-order valence-corrected chi connectivity index (χ0v) is 14.6. The Bertz CT molecular complexity index is 774. The fourth-order valence-electron chi connectivity index (χ4n) is 2.07. The summed E-state index contributed by atoms with van der Waals surface area (Å²) in [7, 11) is 0. The van der Waals surface area contributed by atoms with Crippen LogP contribution in [0.25, 0.3) is 0 Å². The molecule has 0 saturated carbocycles. The number of amides is 1. The van der Waals surface area contributed by atoms with Crippen molar-refractivity contribution in [1.82, 2.24) is 14.9 Å². The monoisotopic (exact) mass is 348 g/mol. The second-order valence-electron chi connectivity index (χ2n) is 5.07. The van der Waals surface area contributed by atoms with Crippen LogP contribution in [0.1, 0.15) is 31.1 Å². The van der Waals surface area contributed by atoms with Crippen molar-refractivity contribution in [3.8, 4) is 5.88 Å². The van der Waals surface area contributed by atoms with Crippen LogP contribution in [-0.2, 0) is 0 Å². The van der Waals surface area contributed by atoms with Crippen molar-refractivity contribution in [2.75, 3.05) is 25.0 Å². The van der Waals surface area contributed by atoms with Crippen LogP contribution >= 0.6 is 0 Å². The number of nitrogens with one attached hydrogen (secondary N) is 3. The number of nitrogens with zero attached hydrogens (tertiary/aromatic N) is 1. The quantitative estimate of drug-likeness (QED) is 0.651. The molecule has 1 amide bonds. The minimum absolute atomic E-state index is 0.465. The van der Waals surface area contributed by atoms with E-state index in [0.717, 1.165) is 0 Å². The molecular weight excluding hydrogens is 324 g/mol. The molecule has 1 aromatic heterocycles. The molecule has 2 aromatic rings. The number of hydrogen-bond acceptors (Lipinski definition) is 5. The molecule has 1 heterocycles. The Morgan fingerprint density at radius 2 is 1.60 bits per heavy atom. The number of carbonyl (C=O) groups excluding carboxylic acids is 1. The van der Waals surface area contributed by atoms with Crippen molar-refractivity contribution < 1.29 is 9.90 Å². The van der Waals surface area contributed by atoms with Gasteiger partial charge in [-0.1, -0.05) is 39.0 Å². The molecule has 0 bridgehead atoms. The number of H-pyrrole nitrogens is 2. The largest absolute Gasteiger partial charge is 0.494 e. The third-order valence-corrected chi connectivity index (χ3v) is 3.52. The third kappa shape index (κ3) is 6.27. The lowest BCUT2D eigenvalue weighted by Crippen LogP contribution is -2.30. The fourth-order valence-corrected chi connectivity index (χ4v) is 2.07. The van der Waals surface area contributed by atoms with Crippen molar-refractivity contribution in [3.05, 3.63) is 56.7 Å². The van der Waals surface area contributed by atoms with E-state index in [1.54, 1.807) is 30.3 Å². The van der Waals surface area contributed by atoms with Gasteiger partial charge in [0, 0.05) is 5.69 Å². The number of aromatic nitrogens is 2. The third-order valence-electron chi connectivity index (χ3n) is 3.52. The predicted octanol–water partition coefficient (Wildman–Crippen LogP) is 1.37. The predicted molar refractivity (Wildman–Crippen MR) is 97.2 cm³/mol. The molecule has 8 heteroatoms. The van der Waals surface area contributed by atoms with Crippen molar-refractivity contribution in [2.45, 2.75) is 20.8 Å². The number of para-hydroxylation sites is 1. The van der Waals surface area contributed by atoms with Gasteiger partial charge in [-0.15, -0.1) is 0 Å². The minimum atomic E-state index is -0.954. The first-order valence-electron chi connectivity index (χ1n) is 8.07. The highest BCUT2D eigenvalue weighted by atomic mass is 16.3. The van der Waals surface area contributed by atoms with Crippen LogP contribution in [0.4, 0.5) is 5.69 Å². The zero-order valence-electron chi connectivity index (χ0n) is 14.6. The Labute approximate surface area is 145 Å². The topological polar surface area (TPSA) is 118 Å². The summed E-state index contributed by atoms with van der Waals surface area (Å²) in [6.45, 7) is 10.1. The first-order chi connectivity index (χ1) is 11.9. The summed E-state index contributed by atoms with van der Waals surface area (Å²) >= 11 is 0. The molecule has 0 radical (unpaired) electrons. The Balaban J connectivity index is 0.000000381. The highest BCUT2D eigenvalue weighted by molar-refractivity contribution is 6.05. The van der Waals surface area contributed by atoms with Gasteiger partial charge in [0.05, 0.1) is 0 Å². The number of benzene rings is 1. The van der Waals surface area contributed by atoms with Gasteiger partial charge in [-0.25, -0.2) is 4.79 Å². The van der Waals surface area contributed by atoms with Crippen LogP contribution in [0.2, 0.25) is 0 Å². The first-order valence-corrected chi connectivity index (χ1v) is 8.07. The van der Waals surface area contributed by atoms with Gasteiger partial charge in [-0.3, -0.25) is 19.6 Å². The molecule has 0 atom stereocenters. The summed E-state index contributed by atoms with van der Waals surface area (Å²) in [6, 6.07) is 8.41. The number of anilines is 1. The van der Waals surface area contributed by atoms with E-state index in [0.29, 0.717) is 5.69 Å². The van der Waals surface area contributed by atoms with Gasteiger partial charge in [-0.05, 0) is 31.8 Å². The van der Waals surface area contributed by atoms with E-state index in [1.807, 2.05) is 9.97 Å². The standard InChI is InChI=1S/C11H9N3O4.C6H15N/c15-8(12-6-4-2-1-3-5-6)7-9(16)13-11(18)14-10(7)17;1-4-7(5-2)6-3/h1-5H,(H,12,15)(H3,13,14,16,17,18);4-6H2,1-3H3. The summed E-state index contributed by atoms with van der Waals surface area (Å²) in [5.74, 6) is -1.58.